The van der Waals surface area contributed by atoms with Gasteiger partial charge in [-0.1, -0.05) is 32.0 Å². The number of hydrogen-bond donors (Lipinski definition) is 1. The number of aromatic nitrogens is 1. The second kappa shape index (κ2) is 8.58. The lowest BCUT2D eigenvalue weighted by atomic mass is 9.66. The summed E-state index contributed by atoms with van der Waals surface area (Å²) in [5, 5.41) is 2.95. The van der Waals surface area contributed by atoms with Crippen molar-refractivity contribution in [3.05, 3.63) is 65.0 Å². The molecule has 0 saturated heterocycles. The lowest BCUT2D eigenvalue weighted by Crippen LogP contribution is -2.41. The minimum atomic E-state index is -0.581. The summed E-state index contributed by atoms with van der Waals surface area (Å²) in [4.78, 5) is 38.1. The maximum Gasteiger partial charge on any atom is 0.235 e. The van der Waals surface area contributed by atoms with E-state index < -0.39 is 5.92 Å². The third kappa shape index (κ3) is 4.61. The second-order valence-electron chi connectivity index (χ2n) is 10.2. The predicted molar refractivity (Wildman–Crippen MR) is 133 cm³/mol. The topological polar surface area (TPSA) is 74.7 Å². The van der Waals surface area contributed by atoms with Crippen LogP contribution in [0.25, 0.3) is 0 Å². The molecule has 6 heteroatoms. The molecule has 1 amide bonds. The van der Waals surface area contributed by atoms with Gasteiger partial charge in [-0.2, -0.15) is 0 Å². The number of ketones is 1. The van der Waals surface area contributed by atoms with Gasteiger partial charge in [0.1, 0.15) is 5.82 Å². The molecule has 1 aliphatic heterocycles. The molecule has 0 radical (unpaired) electrons. The average molecular weight is 445 g/mol. The Morgan fingerprint density at radius 2 is 1.76 bits per heavy atom. The monoisotopic (exact) mass is 444 g/mol. The van der Waals surface area contributed by atoms with Gasteiger partial charge in [-0.3, -0.25) is 14.6 Å². The Morgan fingerprint density at radius 1 is 1.06 bits per heavy atom. The number of benzene rings is 1. The van der Waals surface area contributed by atoms with Gasteiger partial charge in [0.2, 0.25) is 5.91 Å². The second-order valence-corrected chi connectivity index (χ2v) is 10.2. The quantitative estimate of drug-likeness (QED) is 0.727. The Morgan fingerprint density at radius 3 is 2.36 bits per heavy atom. The van der Waals surface area contributed by atoms with Crippen LogP contribution in [0.15, 0.2) is 58.9 Å². The molecule has 2 aromatic rings. The fraction of sp³-hybridized carbons (Fsp3) is 0.407. The Kier molecular flexibility index (Phi) is 5.95. The first kappa shape index (κ1) is 22.9. The largest absolute Gasteiger partial charge is 0.378 e. The summed E-state index contributed by atoms with van der Waals surface area (Å²) in [6.07, 6.45) is 2.91. The summed E-state index contributed by atoms with van der Waals surface area (Å²) in [5.74, 6) is -0.565. The van der Waals surface area contributed by atoms with Crippen LogP contribution < -0.4 is 10.2 Å². The minimum absolute atomic E-state index is 0.0884. The number of Topliss-reactive ketones (excluding diaryl/α,β-unsaturated/α-hetero) is 1. The first-order chi connectivity index (χ1) is 15.6. The van der Waals surface area contributed by atoms with Crippen LogP contribution in [0, 0.1) is 18.3 Å². The fourth-order valence-corrected chi connectivity index (χ4v) is 4.87. The molecular formula is C27H32N4O2. The molecule has 1 aromatic carbocycles. The van der Waals surface area contributed by atoms with Crippen molar-refractivity contribution in [2.24, 2.45) is 16.3 Å². The summed E-state index contributed by atoms with van der Waals surface area (Å²) in [6.45, 7) is 8.04. The zero-order chi connectivity index (χ0) is 23.9. The molecule has 0 fully saturated rings. The lowest BCUT2D eigenvalue weighted by Gasteiger charge is -2.39. The van der Waals surface area contributed by atoms with Crippen LogP contribution in [0.1, 0.15) is 50.7 Å². The van der Waals surface area contributed by atoms with E-state index in [2.05, 4.69) is 24.1 Å². The molecule has 2 atom stereocenters. The maximum absolute atomic E-state index is 13.6. The standard InChI is InChI=1S/C27H32N4O2/c1-16-7-12-22(28-15-16)30-26(33)23-17(2)29-20-13-27(3,4)14-21(32)25(20)24(23)18-8-10-19(11-9-18)31(5)6/h7-12,15,23-24H,13-14H2,1-6H3,(H,28,30,33)/t23?,24-/m1/s1. The van der Waals surface area contributed by atoms with Gasteiger partial charge in [-0.05, 0) is 55.0 Å². The highest BCUT2D eigenvalue weighted by molar-refractivity contribution is 6.13. The van der Waals surface area contributed by atoms with Crippen molar-refractivity contribution in [3.63, 3.8) is 0 Å². The van der Waals surface area contributed by atoms with Crippen molar-refractivity contribution in [2.45, 2.75) is 46.5 Å². The van der Waals surface area contributed by atoms with E-state index in [1.807, 2.05) is 63.2 Å². The van der Waals surface area contributed by atoms with Crippen LogP contribution in [-0.4, -0.2) is 36.5 Å². The van der Waals surface area contributed by atoms with Crippen LogP contribution >= 0.6 is 0 Å². The molecule has 0 saturated carbocycles. The van der Waals surface area contributed by atoms with Gasteiger partial charge in [0, 0.05) is 55.3 Å². The third-order valence-electron chi connectivity index (χ3n) is 6.52. The number of amides is 1. The Labute approximate surface area is 195 Å². The van der Waals surface area contributed by atoms with Gasteiger partial charge in [0.25, 0.3) is 0 Å². The number of pyridine rings is 1. The highest BCUT2D eigenvalue weighted by atomic mass is 16.2. The van der Waals surface area contributed by atoms with E-state index in [1.165, 1.54) is 0 Å². The van der Waals surface area contributed by atoms with Crippen molar-refractivity contribution in [3.8, 4) is 0 Å². The molecule has 1 unspecified atom stereocenters. The maximum atomic E-state index is 13.6. The number of hydrogen-bond acceptors (Lipinski definition) is 5. The van der Waals surface area contributed by atoms with E-state index >= 15 is 0 Å². The summed E-state index contributed by atoms with van der Waals surface area (Å²) in [7, 11) is 3.98. The molecule has 172 valence electrons. The molecule has 1 aromatic heterocycles. The molecule has 2 heterocycles. The van der Waals surface area contributed by atoms with E-state index in [-0.39, 0.29) is 23.0 Å². The average Bonchev–Trinajstić information content (AvgIpc) is 2.73. The number of anilines is 2. The van der Waals surface area contributed by atoms with Crippen LogP contribution in [0.3, 0.4) is 0 Å². The van der Waals surface area contributed by atoms with E-state index in [1.54, 1.807) is 12.3 Å². The van der Waals surface area contributed by atoms with Gasteiger partial charge in [-0.15, -0.1) is 0 Å². The van der Waals surface area contributed by atoms with E-state index in [0.29, 0.717) is 17.8 Å². The molecule has 33 heavy (non-hydrogen) atoms. The molecule has 4 rings (SSSR count). The first-order valence-electron chi connectivity index (χ1n) is 11.4. The summed E-state index contributed by atoms with van der Waals surface area (Å²) in [6, 6.07) is 11.8. The van der Waals surface area contributed by atoms with Crippen LogP contribution in [0.2, 0.25) is 0 Å². The van der Waals surface area contributed by atoms with E-state index in [0.717, 1.165) is 34.6 Å². The normalized spacial score (nSPS) is 21.9. The van der Waals surface area contributed by atoms with E-state index in [9.17, 15) is 9.59 Å². The lowest BCUT2D eigenvalue weighted by molar-refractivity contribution is -0.119. The molecular weight excluding hydrogens is 412 g/mol. The van der Waals surface area contributed by atoms with E-state index in [4.69, 9.17) is 4.99 Å². The number of aliphatic imine (C=N–C) groups is 1. The van der Waals surface area contributed by atoms with Gasteiger partial charge < -0.3 is 10.2 Å². The Balaban J connectivity index is 1.78. The first-order valence-corrected chi connectivity index (χ1v) is 11.4. The highest BCUT2D eigenvalue weighted by Crippen LogP contribution is 2.48. The van der Waals surface area contributed by atoms with Crippen molar-refractivity contribution < 1.29 is 9.59 Å². The number of nitrogens with zero attached hydrogens (tertiary/aromatic N) is 3. The molecule has 1 N–H and O–H groups in total. The number of rotatable bonds is 4. The number of carbonyl (C=O) groups is 2. The van der Waals surface area contributed by atoms with Crippen molar-refractivity contribution in [1.29, 1.82) is 0 Å². The third-order valence-corrected chi connectivity index (χ3v) is 6.52. The number of nitrogens with one attached hydrogen (secondary N) is 1. The van der Waals surface area contributed by atoms with Crippen LogP contribution in [-0.2, 0) is 9.59 Å². The number of aryl methyl sites for hydroxylation is 1. The smallest absolute Gasteiger partial charge is 0.235 e. The molecule has 0 bridgehead atoms. The van der Waals surface area contributed by atoms with Gasteiger partial charge >= 0.3 is 0 Å². The zero-order valence-corrected chi connectivity index (χ0v) is 20.3. The Bertz CT molecular complexity index is 1140. The number of carbonyl (C=O) groups excluding carboxylic acids is 2. The Hall–Kier alpha value is -3.28. The van der Waals surface area contributed by atoms with Crippen molar-refractivity contribution >= 4 is 28.9 Å². The summed E-state index contributed by atoms with van der Waals surface area (Å²) in [5.41, 5.74) is 5.14. The van der Waals surface area contributed by atoms with Crippen molar-refractivity contribution in [1.82, 2.24) is 4.98 Å². The van der Waals surface area contributed by atoms with Crippen LogP contribution in [0.5, 0.6) is 0 Å². The fourth-order valence-electron chi connectivity index (χ4n) is 4.87. The summed E-state index contributed by atoms with van der Waals surface area (Å²) >= 11 is 0. The summed E-state index contributed by atoms with van der Waals surface area (Å²) < 4.78 is 0. The molecule has 2 aliphatic rings. The van der Waals surface area contributed by atoms with Gasteiger partial charge in [0.15, 0.2) is 5.78 Å². The zero-order valence-electron chi connectivity index (χ0n) is 20.3. The van der Waals surface area contributed by atoms with Crippen LogP contribution in [0.4, 0.5) is 11.5 Å². The molecule has 6 nitrogen and oxygen atoms in total. The number of allylic oxidation sites excluding steroid dienone is 2. The SMILES string of the molecule is CC1=NC2=C(C(=O)CC(C)(C)C2)[C@H](c2ccc(N(C)C)cc2)C1C(=O)Nc1ccc(C)cn1. The van der Waals surface area contributed by atoms with Crippen molar-refractivity contribution in [2.75, 3.05) is 24.3 Å². The van der Waals surface area contributed by atoms with Gasteiger partial charge in [-0.25, -0.2) is 4.98 Å². The highest BCUT2D eigenvalue weighted by Gasteiger charge is 2.45. The van der Waals surface area contributed by atoms with Gasteiger partial charge in [0.05, 0.1) is 5.92 Å². The molecule has 1 aliphatic carbocycles. The minimum Gasteiger partial charge on any atom is -0.378 e. The molecule has 0 spiro atoms. The predicted octanol–water partition coefficient (Wildman–Crippen LogP) is 4.91.